The van der Waals surface area contributed by atoms with Crippen LogP contribution in [0.3, 0.4) is 0 Å². The number of nitrogens with zero attached hydrogens (tertiary/aromatic N) is 1. The summed E-state index contributed by atoms with van der Waals surface area (Å²) in [5, 5.41) is 7.19. The number of nitrogens with one attached hydrogen (secondary N) is 1. The molecule has 2 amide bonds. The first-order chi connectivity index (χ1) is 18.0. The Balaban J connectivity index is 1.78. The zero-order chi connectivity index (χ0) is 26.2. The highest BCUT2D eigenvalue weighted by molar-refractivity contribution is 7.10. The van der Waals surface area contributed by atoms with Crippen LogP contribution in [-0.2, 0) is 22.6 Å². The largest absolute Gasteiger partial charge is 0.493 e. The van der Waals surface area contributed by atoms with Crippen molar-refractivity contribution in [1.29, 1.82) is 0 Å². The lowest BCUT2D eigenvalue weighted by Crippen LogP contribution is -2.47. The van der Waals surface area contributed by atoms with E-state index in [1.165, 1.54) is 17.8 Å². The van der Waals surface area contributed by atoms with Crippen LogP contribution in [-0.4, -0.2) is 44.1 Å². The quantitative estimate of drug-likeness (QED) is 0.342. The third-order valence-electron chi connectivity index (χ3n) is 6.65. The predicted octanol–water partition coefficient (Wildman–Crippen LogP) is 5.60. The summed E-state index contributed by atoms with van der Waals surface area (Å²) in [7, 11) is 4.63. The SMILES string of the molecule is COc1cc(C(C(=O)NC2CCCCC2)N(Cc2cccs2)C(=O)Cc2cccs2)cc(OC)c1OC. The van der Waals surface area contributed by atoms with E-state index >= 15 is 0 Å². The summed E-state index contributed by atoms with van der Waals surface area (Å²) in [5.41, 5.74) is 0.610. The molecule has 1 unspecified atom stereocenters. The van der Waals surface area contributed by atoms with Crippen molar-refractivity contribution < 1.29 is 23.8 Å². The Hall–Kier alpha value is -3.04. The number of amides is 2. The van der Waals surface area contributed by atoms with Crippen molar-refractivity contribution in [1.82, 2.24) is 10.2 Å². The fourth-order valence-corrected chi connectivity index (χ4v) is 6.22. The van der Waals surface area contributed by atoms with E-state index in [9.17, 15) is 9.59 Å². The molecule has 1 N–H and O–H groups in total. The lowest BCUT2D eigenvalue weighted by atomic mass is 9.94. The van der Waals surface area contributed by atoms with E-state index in [4.69, 9.17) is 14.2 Å². The molecule has 1 saturated carbocycles. The van der Waals surface area contributed by atoms with Crippen molar-refractivity contribution in [2.75, 3.05) is 21.3 Å². The average molecular weight is 543 g/mol. The smallest absolute Gasteiger partial charge is 0.247 e. The van der Waals surface area contributed by atoms with Gasteiger partial charge in [-0.2, -0.15) is 0 Å². The maximum atomic E-state index is 14.0. The minimum Gasteiger partial charge on any atom is -0.493 e. The number of methoxy groups -OCH3 is 3. The van der Waals surface area contributed by atoms with Gasteiger partial charge in [-0.25, -0.2) is 0 Å². The molecule has 1 atom stereocenters. The Labute approximate surface area is 226 Å². The molecule has 0 saturated heterocycles. The second-order valence-electron chi connectivity index (χ2n) is 9.06. The summed E-state index contributed by atoms with van der Waals surface area (Å²) in [6.45, 7) is 0.321. The highest BCUT2D eigenvalue weighted by Gasteiger charge is 2.35. The van der Waals surface area contributed by atoms with Crippen molar-refractivity contribution >= 4 is 34.5 Å². The van der Waals surface area contributed by atoms with Crippen molar-refractivity contribution in [3.63, 3.8) is 0 Å². The molecule has 1 aliphatic carbocycles. The molecule has 9 heteroatoms. The lowest BCUT2D eigenvalue weighted by molar-refractivity contribution is -0.141. The van der Waals surface area contributed by atoms with Gasteiger partial charge in [0.25, 0.3) is 0 Å². The van der Waals surface area contributed by atoms with Crippen LogP contribution in [0, 0.1) is 0 Å². The number of carbonyl (C=O) groups is 2. The zero-order valence-corrected chi connectivity index (χ0v) is 23.2. The highest BCUT2D eigenvalue weighted by Crippen LogP contribution is 2.41. The van der Waals surface area contributed by atoms with Crippen molar-refractivity contribution in [2.24, 2.45) is 0 Å². The number of hydrogen-bond donors (Lipinski definition) is 1. The van der Waals surface area contributed by atoms with Gasteiger partial charge in [0, 0.05) is 15.8 Å². The van der Waals surface area contributed by atoms with Gasteiger partial charge < -0.3 is 24.4 Å². The van der Waals surface area contributed by atoms with Crippen molar-refractivity contribution in [2.45, 2.75) is 57.2 Å². The van der Waals surface area contributed by atoms with Gasteiger partial charge in [0.2, 0.25) is 17.6 Å². The molecule has 2 aromatic heterocycles. The maximum absolute atomic E-state index is 14.0. The van der Waals surface area contributed by atoms with Gasteiger partial charge >= 0.3 is 0 Å². The van der Waals surface area contributed by atoms with E-state index in [0.717, 1.165) is 35.4 Å². The molecule has 1 aliphatic rings. The molecule has 1 aromatic carbocycles. The summed E-state index contributed by atoms with van der Waals surface area (Å²) < 4.78 is 16.7. The Morgan fingerprint density at radius 2 is 1.57 bits per heavy atom. The highest BCUT2D eigenvalue weighted by atomic mass is 32.1. The van der Waals surface area contributed by atoms with Gasteiger partial charge in [0.05, 0.1) is 34.3 Å². The summed E-state index contributed by atoms with van der Waals surface area (Å²) in [5.74, 6) is 1.00. The van der Waals surface area contributed by atoms with E-state index in [-0.39, 0.29) is 24.3 Å². The molecule has 0 spiro atoms. The number of benzene rings is 1. The molecule has 3 aromatic rings. The third kappa shape index (κ3) is 6.64. The van der Waals surface area contributed by atoms with Crippen LogP contribution in [0.1, 0.15) is 53.5 Å². The first kappa shape index (κ1) is 27.0. The number of carbonyl (C=O) groups excluding carboxylic acids is 2. The van der Waals surface area contributed by atoms with E-state index in [0.29, 0.717) is 29.4 Å². The first-order valence-corrected chi connectivity index (χ1v) is 14.2. The fourth-order valence-electron chi connectivity index (χ4n) is 4.82. The number of rotatable bonds is 11. The van der Waals surface area contributed by atoms with E-state index < -0.39 is 6.04 Å². The van der Waals surface area contributed by atoms with Crippen LogP contribution in [0.25, 0.3) is 0 Å². The normalized spacial score (nSPS) is 14.6. The Kier molecular flexibility index (Phi) is 9.46. The minimum absolute atomic E-state index is 0.0989. The molecule has 2 heterocycles. The minimum atomic E-state index is -0.870. The van der Waals surface area contributed by atoms with Crippen LogP contribution in [0.2, 0.25) is 0 Å². The van der Waals surface area contributed by atoms with E-state index in [1.807, 2.05) is 35.0 Å². The monoisotopic (exact) mass is 542 g/mol. The third-order valence-corrected chi connectivity index (χ3v) is 8.38. The Bertz CT molecular complexity index is 1130. The molecule has 4 rings (SSSR count). The lowest BCUT2D eigenvalue weighted by Gasteiger charge is -2.33. The van der Waals surface area contributed by atoms with Crippen LogP contribution in [0.5, 0.6) is 17.2 Å². The molecule has 198 valence electrons. The standard InChI is InChI=1S/C28H34N2O5S2/c1-33-23-15-19(16-24(34-2)27(23)35-3)26(28(32)29-20-9-5-4-6-10-20)30(18-22-12-8-14-37-22)25(31)17-21-11-7-13-36-21/h7-8,11-16,20,26H,4-6,9-10,17-18H2,1-3H3,(H,29,32). The summed E-state index contributed by atoms with van der Waals surface area (Å²) in [6.07, 6.45) is 5.49. The summed E-state index contributed by atoms with van der Waals surface area (Å²) in [6, 6.07) is 10.6. The second-order valence-corrected chi connectivity index (χ2v) is 11.1. The van der Waals surface area contributed by atoms with Gasteiger partial charge in [0.15, 0.2) is 11.5 Å². The molecular weight excluding hydrogens is 508 g/mol. The van der Waals surface area contributed by atoms with Gasteiger partial charge in [-0.15, -0.1) is 22.7 Å². The topological polar surface area (TPSA) is 77.1 Å². The van der Waals surface area contributed by atoms with E-state index in [1.54, 1.807) is 49.7 Å². The fraction of sp³-hybridized carbons (Fsp3) is 0.429. The molecular formula is C28H34N2O5S2. The summed E-state index contributed by atoms with van der Waals surface area (Å²) in [4.78, 5) is 31.5. The van der Waals surface area contributed by atoms with Gasteiger partial charge in [-0.1, -0.05) is 31.4 Å². The van der Waals surface area contributed by atoms with Gasteiger partial charge in [0.1, 0.15) is 6.04 Å². The van der Waals surface area contributed by atoms with E-state index in [2.05, 4.69) is 5.32 Å². The Morgan fingerprint density at radius 3 is 2.11 bits per heavy atom. The number of thiophene rings is 2. The Morgan fingerprint density at radius 1 is 0.946 bits per heavy atom. The molecule has 0 bridgehead atoms. The predicted molar refractivity (Wildman–Crippen MR) is 147 cm³/mol. The van der Waals surface area contributed by atoms with Crippen molar-refractivity contribution in [3.8, 4) is 17.2 Å². The van der Waals surface area contributed by atoms with Gasteiger partial charge in [-0.05, 0) is 53.4 Å². The van der Waals surface area contributed by atoms with Crippen LogP contribution in [0.4, 0.5) is 0 Å². The van der Waals surface area contributed by atoms with Crippen LogP contribution in [0.15, 0.2) is 47.2 Å². The van der Waals surface area contributed by atoms with Gasteiger partial charge in [-0.3, -0.25) is 9.59 Å². The first-order valence-electron chi connectivity index (χ1n) is 12.5. The zero-order valence-electron chi connectivity index (χ0n) is 21.5. The molecule has 1 fully saturated rings. The molecule has 37 heavy (non-hydrogen) atoms. The summed E-state index contributed by atoms with van der Waals surface area (Å²) >= 11 is 3.10. The van der Waals surface area contributed by atoms with Crippen LogP contribution < -0.4 is 19.5 Å². The van der Waals surface area contributed by atoms with Crippen molar-refractivity contribution in [3.05, 3.63) is 62.5 Å². The molecule has 7 nitrogen and oxygen atoms in total. The number of hydrogen-bond acceptors (Lipinski definition) is 7. The average Bonchev–Trinajstić information content (AvgIpc) is 3.62. The molecule has 0 radical (unpaired) electrons. The maximum Gasteiger partial charge on any atom is 0.247 e. The van der Waals surface area contributed by atoms with Crippen LogP contribution >= 0.6 is 22.7 Å². The second kappa shape index (κ2) is 13.0. The number of ether oxygens (including phenoxy) is 3. The molecule has 0 aliphatic heterocycles.